The number of fused-ring (bicyclic) bond motifs is 11. The minimum atomic E-state index is -0.286. The Labute approximate surface area is 356 Å². The van der Waals surface area contributed by atoms with Crippen LogP contribution in [0.25, 0.3) is 65.9 Å². The summed E-state index contributed by atoms with van der Waals surface area (Å²) in [5.74, 6) is 0. The topological polar surface area (TPSA) is 32.8 Å². The summed E-state index contributed by atoms with van der Waals surface area (Å²) in [7, 11) is 0. The second kappa shape index (κ2) is 12.8. The van der Waals surface area contributed by atoms with Crippen molar-refractivity contribution in [1.29, 1.82) is 0 Å². The Morgan fingerprint density at radius 2 is 1.10 bits per heavy atom. The molecule has 0 N–H and O–H groups in total. The van der Waals surface area contributed by atoms with Crippen molar-refractivity contribution in [3.8, 4) is 22.3 Å². The van der Waals surface area contributed by atoms with Crippen molar-refractivity contribution < 1.29 is 8.83 Å². The van der Waals surface area contributed by atoms with E-state index in [-0.39, 0.29) is 17.7 Å². The molecule has 2 aliphatic rings. The van der Waals surface area contributed by atoms with Gasteiger partial charge in [0.2, 0.25) is 0 Å². The Hall–Kier alpha value is -6.98. The van der Waals surface area contributed by atoms with Crippen LogP contribution in [0.2, 0.25) is 0 Å². The molecule has 10 aromatic rings. The Balaban J connectivity index is 1.25. The molecule has 2 aliphatic heterocycles. The summed E-state index contributed by atoms with van der Waals surface area (Å²) in [6.07, 6.45) is 0. The zero-order chi connectivity index (χ0) is 41.4. The van der Waals surface area contributed by atoms with Gasteiger partial charge in [0.05, 0.1) is 11.4 Å². The minimum Gasteiger partial charge on any atom is -0.466 e. The first-order valence-corrected chi connectivity index (χ1v) is 21.5. The molecule has 0 radical (unpaired) electrons. The van der Waals surface area contributed by atoms with Crippen LogP contribution in [0.3, 0.4) is 0 Å². The predicted octanol–water partition coefficient (Wildman–Crippen LogP) is 14.5. The molecule has 8 aromatic carbocycles. The number of nitrogens with zero attached hydrogens (tertiary/aromatic N) is 2. The van der Waals surface area contributed by atoms with Gasteiger partial charge in [0.1, 0.15) is 22.4 Å². The molecule has 12 rings (SSSR count). The monoisotopic (exact) mass is 788 g/mol. The fourth-order valence-electron chi connectivity index (χ4n) is 10.1. The van der Waals surface area contributed by atoms with Crippen LogP contribution in [0.5, 0.6) is 0 Å². The molecule has 5 heteroatoms. The largest absolute Gasteiger partial charge is 0.466 e. The van der Waals surface area contributed by atoms with Crippen molar-refractivity contribution in [1.82, 2.24) is 0 Å². The van der Waals surface area contributed by atoms with Crippen LogP contribution in [0.4, 0.5) is 28.4 Å². The third-order valence-corrected chi connectivity index (χ3v) is 13.1. The maximum atomic E-state index is 7.31. The molecule has 294 valence electrons. The Morgan fingerprint density at radius 3 is 1.84 bits per heavy atom. The number of furan rings is 2. The second-order valence-corrected chi connectivity index (χ2v) is 18.9. The highest BCUT2D eigenvalue weighted by Gasteiger charge is 2.49. The summed E-state index contributed by atoms with van der Waals surface area (Å²) in [5.41, 5.74) is 17.6. The highest BCUT2D eigenvalue weighted by Crippen LogP contribution is 2.53. The van der Waals surface area contributed by atoms with Crippen LogP contribution >= 0.6 is 0 Å². The summed E-state index contributed by atoms with van der Waals surface area (Å²) >= 11 is 0. The fraction of sp³-hybridized carbons (Fsp3) is 0.143. The highest BCUT2D eigenvalue weighted by atomic mass is 16.3. The van der Waals surface area contributed by atoms with E-state index in [1.54, 1.807) is 0 Å². The fourth-order valence-corrected chi connectivity index (χ4v) is 10.1. The molecule has 4 heterocycles. The lowest BCUT2D eigenvalue weighted by atomic mass is 9.45. The zero-order valence-corrected chi connectivity index (χ0v) is 35.4. The molecule has 61 heavy (non-hydrogen) atoms. The molecule has 0 atom stereocenters. The quantitative estimate of drug-likeness (QED) is 0.167. The highest BCUT2D eigenvalue weighted by molar-refractivity contribution is 6.93. The normalized spacial score (nSPS) is 13.6. The number of anilines is 5. The maximum Gasteiger partial charge on any atom is 0.375 e. The van der Waals surface area contributed by atoms with Gasteiger partial charge in [-0.2, -0.15) is 0 Å². The lowest BCUT2D eigenvalue weighted by Gasteiger charge is -2.44. The van der Waals surface area contributed by atoms with Gasteiger partial charge >= 0.3 is 6.85 Å². The summed E-state index contributed by atoms with van der Waals surface area (Å²) in [5, 5.41) is 5.68. The molecule has 0 bridgehead atoms. The smallest absolute Gasteiger partial charge is 0.375 e. The van der Waals surface area contributed by atoms with Gasteiger partial charge in [0, 0.05) is 44.3 Å². The van der Waals surface area contributed by atoms with E-state index in [0.717, 1.165) is 72.6 Å². The summed E-state index contributed by atoms with van der Waals surface area (Å²) in [6, 6.07) is 60.1. The van der Waals surface area contributed by atoms with Gasteiger partial charge in [-0.3, -0.25) is 0 Å². The van der Waals surface area contributed by atoms with E-state index < -0.39 is 0 Å². The summed E-state index contributed by atoms with van der Waals surface area (Å²) in [4.78, 5) is 5.06. The van der Waals surface area contributed by atoms with Gasteiger partial charge in [-0.05, 0) is 110 Å². The standard InChI is InChI=1S/C56H45BN2O2/c1-55(2,3)36-24-27-38(28-25-36)59-46-32-43-40-20-12-14-22-48(40)60-50(43)33-44(46)51-39-19-11-10-18-35(39)30-47-52(51)57(59)54-53(41-21-13-15-23-49(41)61-54)58(47)45-29-26-37(56(4,5)6)31-42(45)34-16-8-7-9-17-34/h7-33H,1-6H3. The Morgan fingerprint density at radius 1 is 0.459 bits per heavy atom. The molecule has 0 aliphatic carbocycles. The molecule has 4 nitrogen and oxygen atoms in total. The minimum absolute atomic E-state index is 0.00906. The first-order chi connectivity index (χ1) is 29.5. The average Bonchev–Trinajstić information content (AvgIpc) is 3.83. The zero-order valence-electron chi connectivity index (χ0n) is 35.4. The number of benzene rings is 8. The molecule has 0 amide bonds. The second-order valence-electron chi connectivity index (χ2n) is 18.9. The first kappa shape index (κ1) is 35.9. The molecule has 0 spiro atoms. The van der Waals surface area contributed by atoms with E-state index >= 15 is 0 Å². The summed E-state index contributed by atoms with van der Waals surface area (Å²) < 4.78 is 14.0. The molecule has 0 saturated heterocycles. The average molecular weight is 789 g/mol. The van der Waals surface area contributed by atoms with Crippen LogP contribution in [-0.2, 0) is 10.8 Å². The third-order valence-electron chi connectivity index (χ3n) is 13.1. The Bertz CT molecular complexity index is 3400. The van der Waals surface area contributed by atoms with Crippen LogP contribution in [0, 0.1) is 0 Å². The lowest BCUT2D eigenvalue weighted by Crippen LogP contribution is -2.61. The summed E-state index contributed by atoms with van der Waals surface area (Å²) in [6.45, 7) is 13.4. The van der Waals surface area contributed by atoms with Gasteiger partial charge in [-0.15, -0.1) is 0 Å². The Kier molecular flexibility index (Phi) is 7.52. The van der Waals surface area contributed by atoms with E-state index in [0.29, 0.717) is 0 Å². The van der Waals surface area contributed by atoms with E-state index in [1.807, 2.05) is 0 Å². The van der Waals surface area contributed by atoms with E-state index in [2.05, 4.69) is 215 Å². The molecule has 0 unspecified atom stereocenters. The van der Waals surface area contributed by atoms with E-state index in [9.17, 15) is 0 Å². The lowest BCUT2D eigenvalue weighted by molar-refractivity contribution is 0.590. The molecular formula is C56H45BN2O2. The first-order valence-electron chi connectivity index (χ1n) is 21.5. The van der Waals surface area contributed by atoms with Crippen molar-refractivity contribution in [3.63, 3.8) is 0 Å². The van der Waals surface area contributed by atoms with Gasteiger partial charge < -0.3 is 18.5 Å². The number of rotatable bonds is 3. The van der Waals surface area contributed by atoms with Crippen molar-refractivity contribution in [2.75, 3.05) is 9.71 Å². The van der Waals surface area contributed by atoms with Crippen LogP contribution in [0.1, 0.15) is 52.7 Å². The van der Waals surface area contributed by atoms with Crippen LogP contribution in [-0.4, -0.2) is 6.85 Å². The molecular weight excluding hydrogens is 743 g/mol. The molecule has 0 saturated carbocycles. The predicted molar refractivity (Wildman–Crippen MR) is 258 cm³/mol. The number of hydrogen-bond acceptors (Lipinski definition) is 4. The van der Waals surface area contributed by atoms with Crippen molar-refractivity contribution in [2.45, 2.75) is 52.4 Å². The van der Waals surface area contributed by atoms with Gasteiger partial charge in [0.25, 0.3) is 0 Å². The molecule has 2 aromatic heterocycles. The SMILES string of the molecule is CC(C)(C)c1ccc(N2B3c4oc5ccccc5c4N(c4ccc(C(C)(C)C)cc4-c4ccccc4)c4cc5ccccc5c(c43)-c3cc4oc5ccccc5c4cc32)cc1. The van der Waals surface area contributed by atoms with Crippen molar-refractivity contribution in [2.24, 2.45) is 0 Å². The van der Waals surface area contributed by atoms with Crippen molar-refractivity contribution >= 4 is 90.1 Å². The van der Waals surface area contributed by atoms with Gasteiger partial charge in [-0.25, -0.2) is 0 Å². The van der Waals surface area contributed by atoms with E-state index in [1.165, 1.54) is 44.1 Å². The molecule has 0 fully saturated rings. The van der Waals surface area contributed by atoms with Crippen LogP contribution in [0.15, 0.2) is 173 Å². The van der Waals surface area contributed by atoms with Gasteiger partial charge in [-0.1, -0.05) is 145 Å². The van der Waals surface area contributed by atoms with Gasteiger partial charge in [0.15, 0.2) is 0 Å². The number of hydrogen-bond donors (Lipinski definition) is 0. The number of para-hydroxylation sites is 2. The maximum absolute atomic E-state index is 7.31. The third kappa shape index (κ3) is 5.32. The van der Waals surface area contributed by atoms with Crippen molar-refractivity contribution in [3.05, 3.63) is 175 Å². The van der Waals surface area contributed by atoms with Crippen LogP contribution < -0.4 is 20.8 Å². The van der Waals surface area contributed by atoms with E-state index in [4.69, 9.17) is 8.83 Å².